The number of benzene rings is 2. The fourth-order valence-corrected chi connectivity index (χ4v) is 3.54. The molecule has 31 heavy (non-hydrogen) atoms. The Kier molecular flexibility index (Phi) is 6.12. The lowest BCUT2D eigenvalue weighted by molar-refractivity contribution is -0.290. The van der Waals surface area contributed by atoms with Gasteiger partial charge in [0, 0.05) is 0 Å². The highest BCUT2D eigenvalue weighted by molar-refractivity contribution is 5.86. The van der Waals surface area contributed by atoms with Crippen molar-refractivity contribution in [3.05, 3.63) is 59.7 Å². The lowest BCUT2D eigenvalue weighted by Gasteiger charge is -2.44. The molecule has 0 unspecified atom stereocenters. The number of ketones is 1. The van der Waals surface area contributed by atoms with E-state index < -0.39 is 35.7 Å². The van der Waals surface area contributed by atoms with Crippen molar-refractivity contribution in [1.82, 2.24) is 10.6 Å². The number of Topliss-reactive ketones (excluding diaryl/α,β-unsaturated/α-hetero) is 1. The van der Waals surface area contributed by atoms with Crippen LogP contribution in [0.5, 0.6) is 11.5 Å². The van der Waals surface area contributed by atoms with Gasteiger partial charge in [0.05, 0.1) is 19.1 Å². The Morgan fingerprint density at radius 2 is 1.84 bits per heavy atom. The summed E-state index contributed by atoms with van der Waals surface area (Å²) in [7, 11) is 1.35. The Bertz CT molecular complexity index is 967. The van der Waals surface area contributed by atoms with Crippen LogP contribution in [0.1, 0.15) is 24.1 Å². The molecule has 7 nitrogen and oxygen atoms in total. The summed E-state index contributed by atoms with van der Waals surface area (Å²) in [6.07, 6.45) is -5.28. The monoisotopic (exact) mass is 438 g/mol. The van der Waals surface area contributed by atoms with Gasteiger partial charge in [-0.05, 0) is 30.2 Å². The van der Waals surface area contributed by atoms with Crippen LogP contribution >= 0.6 is 0 Å². The van der Waals surface area contributed by atoms with Crippen LogP contribution in [0.25, 0.3) is 0 Å². The molecule has 0 radical (unpaired) electrons. The van der Waals surface area contributed by atoms with E-state index in [1.807, 2.05) is 30.3 Å². The van der Waals surface area contributed by atoms with Crippen molar-refractivity contribution in [3.8, 4) is 11.5 Å². The molecule has 3 N–H and O–H groups in total. The third-order valence-corrected chi connectivity index (χ3v) is 5.03. The molecular formula is C21H21F3N2O5. The Hall–Kier alpha value is -3.27. The molecule has 166 valence electrons. The van der Waals surface area contributed by atoms with Crippen LogP contribution in [-0.4, -0.2) is 35.9 Å². The maximum atomic E-state index is 13.6. The van der Waals surface area contributed by atoms with Crippen molar-refractivity contribution in [1.29, 1.82) is 0 Å². The van der Waals surface area contributed by atoms with Gasteiger partial charge in [-0.2, -0.15) is 13.2 Å². The van der Waals surface area contributed by atoms with E-state index in [1.165, 1.54) is 30.6 Å². The zero-order valence-corrected chi connectivity index (χ0v) is 16.7. The van der Waals surface area contributed by atoms with E-state index in [2.05, 4.69) is 5.32 Å². The molecule has 2 aromatic rings. The molecular weight excluding hydrogens is 417 g/mol. The molecule has 1 aliphatic heterocycles. The summed E-state index contributed by atoms with van der Waals surface area (Å²) in [5, 5.41) is 14.0. The summed E-state index contributed by atoms with van der Waals surface area (Å²) >= 11 is 0. The molecule has 0 spiro atoms. The van der Waals surface area contributed by atoms with Crippen molar-refractivity contribution in [2.24, 2.45) is 5.92 Å². The average molecular weight is 438 g/mol. The number of nitrogens with one attached hydrogen (secondary N) is 2. The quantitative estimate of drug-likeness (QED) is 0.644. The molecule has 1 heterocycles. The second-order valence-corrected chi connectivity index (χ2v) is 7.11. The molecule has 1 aliphatic rings. The number of amides is 2. The lowest BCUT2D eigenvalue weighted by atomic mass is 9.79. The van der Waals surface area contributed by atoms with E-state index >= 15 is 0 Å². The highest BCUT2D eigenvalue weighted by Gasteiger charge is 2.65. The number of halogens is 3. The first-order valence-corrected chi connectivity index (χ1v) is 9.29. The topological polar surface area (TPSA) is 96.9 Å². The van der Waals surface area contributed by atoms with Crippen molar-refractivity contribution in [2.75, 3.05) is 7.11 Å². The van der Waals surface area contributed by atoms with Crippen LogP contribution < -0.4 is 20.1 Å². The minimum absolute atomic E-state index is 0.140. The highest BCUT2D eigenvalue weighted by atomic mass is 19.4. The molecule has 1 fully saturated rings. The van der Waals surface area contributed by atoms with Crippen LogP contribution in [0.3, 0.4) is 0 Å². The number of urea groups is 1. The third-order valence-electron chi connectivity index (χ3n) is 5.03. The van der Waals surface area contributed by atoms with Crippen LogP contribution in [0.15, 0.2) is 48.5 Å². The van der Waals surface area contributed by atoms with Gasteiger partial charge in [-0.25, -0.2) is 4.79 Å². The van der Waals surface area contributed by atoms with Crippen LogP contribution in [0.2, 0.25) is 0 Å². The molecule has 0 bridgehead atoms. The van der Waals surface area contributed by atoms with Gasteiger partial charge in [0.2, 0.25) is 5.72 Å². The lowest BCUT2D eigenvalue weighted by Crippen LogP contribution is -2.72. The maximum Gasteiger partial charge on any atom is 0.437 e. The van der Waals surface area contributed by atoms with Crippen LogP contribution in [0.4, 0.5) is 18.0 Å². The molecule has 0 aliphatic carbocycles. The van der Waals surface area contributed by atoms with Gasteiger partial charge in [-0.15, -0.1) is 0 Å². The Labute approximate surface area is 176 Å². The summed E-state index contributed by atoms with van der Waals surface area (Å²) in [5.74, 6) is -2.47. The second kappa shape index (κ2) is 8.46. The van der Waals surface area contributed by atoms with Gasteiger partial charge in [0.15, 0.2) is 11.5 Å². The molecule has 0 aromatic heterocycles. The molecule has 2 amide bonds. The third kappa shape index (κ3) is 4.43. The second-order valence-electron chi connectivity index (χ2n) is 7.11. The van der Waals surface area contributed by atoms with Gasteiger partial charge in [-0.1, -0.05) is 36.4 Å². The number of ether oxygens (including phenoxy) is 2. The fourth-order valence-electron chi connectivity index (χ4n) is 3.54. The summed E-state index contributed by atoms with van der Waals surface area (Å²) in [5.41, 5.74) is -2.69. The zero-order valence-electron chi connectivity index (χ0n) is 16.7. The first kappa shape index (κ1) is 22.4. The summed E-state index contributed by atoms with van der Waals surface area (Å²) in [6, 6.07) is 10.8. The number of hydrogen-bond donors (Lipinski definition) is 3. The highest BCUT2D eigenvalue weighted by Crippen LogP contribution is 2.44. The number of hydrogen-bond acceptors (Lipinski definition) is 5. The van der Waals surface area contributed by atoms with E-state index in [0.29, 0.717) is 5.75 Å². The van der Waals surface area contributed by atoms with E-state index in [1.54, 1.807) is 0 Å². The number of carbonyl (C=O) groups excluding carboxylic acids is 2. The number of methoxy groups -OCH3 is 1. The van der Waals surface area contributed by atoms with Gasteiger partial charge in [0.25, 0.3) is 0 Å². The summed E-state index contributed by atoms with van der Waals surface area (Å²) in [4.78, 5) is 24.0. The molecule has 2 aromatic carbocycles. The van der Waals surface area contributed by atoms with E-state index in [9.17, 15) is 27.9 Å². The van der Waals surface area contributed by atoms with E-state index in [0.717, 1.165) is 12.5 Å². The Morgan fingerprint density at radius 3 is 2.42 bits per heavy atom. The van der Waals surface area contributed by atoms with E-state index in [-0.39, 0.29) is 17.9 Å². The van der Waals surface area contributed by atoms with Gasteiger partial charge < -0.3 is 25.2 Å². The zero-order chi connectivity index (χ0) is 22.8. The maximum absolute atomic E-state index is 13.6. The minimum atomic E-state index is -5.28. The Balaban J connectivity index is 1.94. The van der Waals surface area contributed by atoms with Crippen molar-refractivity contribution in [2.45, 2.75) is 31.5 Å². The Morgan fingerprint density at radius 1 is 1.16 bits per heavy atom. The first-order valence-electron chi connectivity index (χ1n) is 9.29. The standard InChI is InChI=1S/C21H21F3N2O5/c1-12(27)17-18(25-19(28)26-20(17,29)21(22,23)24)14-8-9-15(16(10-14)30-2)31-11-13-6-4-3-5-7-13/h3-10,17-18,29H,11H2,1-2H3,(H2,25,26,28)/t17-,18-,20+/m0/s1. The molecule has 3 atom stereocenters. The largest absolute Gasteiger partial charge is 0.493 e. The smallest absolute Gasteiger partial charge is 0.437 e. The number of carbonyl (C=O) groups is 2. The molecule has 1 saturated heterocycles. The van der Waals surface area contributed by atoms with Gasteiger partial charge in [-0.3, -0.25) is 4.79 Å². The SMILES string of the molecule is COc1cc([C@@H]2NC(=O)N[C@](O)(C(F)(F)F)[C@H]2C(C)=O)ccc1OCc1ccccc1. The molecule has 3 rings (SSSR count). The predicted molar refractivity (Wildman–Crippen MR) is 103 cm³/mol. The average Bonchev–Trinajstić information content (AvgIpc) is 2.71. The minimum Gasteiger partial charge on any atom is -0.493 e. The predicted octanol–water partition coefficient (Wildman–Crippen LogP) is 3.08. The van der Waals surface area contributed by atoms with E-state index in [4.69, 9.17) is 9.47 Å². The fraction of sp³-hybridized carbons (Fsp3) is 0.333. The number of aliphatic hydroxyl groups is 1. The number of rotatable bonds is 6. The van der Waals surface area contributed by atoms with Crippen molar-refractivity contribution < 1.29 is 37.3 Å². The molecule has 10 heteroatoms. The van der Waals surface area contributed by atoms with Gasteiger partial charge >= 0.3 is 12.2 Å². The summed E-state index contributed by atoms with van der Waals surface area (Å²) in [6.45, 7) is 1.15. The van der Waals surface area contributed by atoms with Gasteiger partial charge in [0.1, 0.15) is 12.4 Å². The van der Waals surface area contributed by atoms with Crippen molar-refractivity contribution in [3.63, 3.8) is 0 Å². The van der Waals surface area contributed by atoms with Crippen LogP contribution in [0, 0.1) is 5.92 Å². The first-order chi connectivity index (χ1) is 14.6. The summed E-state index contributed by atoms with van der Waals surface area (Å²) < 4.78 is 51.8. The van der Waals surface area contributed by atoms with Crippen molar-refractivity contribution >= 4 is 11.8 Å². The molecule has 0 saturated carbocycles. The normalized spacial score (nSPS) is 23.5. The van der Waals surface area contributed by atoms with Crippen LogP contribution in [-0.2, 0) is 11.4 Å². The number of alkyl halides is 3.